The SMILES string of the molecule is c1ccc(-c2cc(-c3ccccc3)nc(-c3cccc(-c4ccc5c(c4)c4cc(-c6ccc7c(c6)c6cccc8oc9cccc7c9c86)ccc4n5-c4ccccc4)c3)n2)cc1. The summed E-state index contributed by atoms with van der Waals surface area (Å²) >= 11 is 0. The molecule has 0 spiro atoms. The Bertz CT molecular complexity index is 3790. The number of hydrogen-bond acceptors (Lipinski definition) is 3. The van der Waals surface area contributed by atoms with E-state index < -0.39 is 0 Å². The molecule has 0 aliphatic carbocycles. The number of furan rings is 1. The lowest BCUT2D eigenvalue weighted by atomic mass is 9.92. The number of nitrogens with zero attached hydrogens (tertiary/aromatic N) is 3. The molecule has 13 rings (SSSR count). The highest BCUT2D eigenvalue weighted by molar-refractivity contribution is 6.33. The molecule has 0 aliphatic rings. The zero-order valence-corrected chi connectivity index (χ0v) is 33.5. The molecule has 0 atom stereocenters. The van der Waals surface area contributed by atoms with Crippen LogP contribution < -0.4 is 0 Å². The molecule has 0 saturated carbocycles. The fourth-order valence-electron chi connectivity index (χ4n) is 9.66. The van der Waals surface area contributed by atoms with Gasteiger partial charge in [-0.1, -0.05) is 146 Å². The third-order valence-corrected chi connectivity index (χ3v) is 12.6. The van der Waals surface area contributed by atoms with E-state index in [0.717, 1.165) is 67.1 Å². The Balaban J connectivity index is 0.973. The van der Waals surface area contributed by atoms with Crippen LogP contribution in [0.4, 0.5) is 0 Å². The molecule has 0 aliphatic heterocycles. The van der Waals surface area contributed by atoms with Crippen LogP contribution in [0.1, 0.15) is 0 Å². The summed E-state index contributed by atoms with van der Waals surface area (Å²) in [5.41, 5.74) is 14.8. The minimum absolute atomic E-state index is 0.695. The highest BCUT2D eigenvalue weighted by Gasteiger charge is 2.19. The van der Waals surface area contributed by atoms with E-state index in [4.69, 9.17) is 14.4 Å². The Hall–Kier alpha value is -8.34. The first-order chi connectivity index (χ1) is 30.7. The number of rotatable bonds is 6. The van der Waals surface area contributed by atoms with Crippen LogP contribution in [-0.4, -0.2) is 14.5 Å². The van der Waals surface area contributed by atoms with Gasteiger partial charge in [-0.25, -0.2) is 9.97 Å². The van der Waals surface area contributed by atoms with Gasteiger partial charge in [-0.2, -0.15) is 0 Å². The molecule has 0 unspecified atom stereocenters. The monoisotopic (exact) mass is 789 g/mol. The first kappa shape index (κ1) is 34.5. The van der Waals surface area contributed by atoms with Gasteiger partial charge in [0, 0.05) is 43.9 Å². The molecule has 10 aromatic carbocycles. The summed E-state index contributed by atoms with van der Waals surface area (Å²) in [6, 6.07) is 75.6. The van der Waals surface area contributed by atoms with E-state index in [1.165, 1.54) is 54.2 Å². The largest absolute Gasteiger partial charge is 0.456 e. The second kappa shape index (κ2) is 13.6. The summed E-state index contributed by atoms with van der Waals surface area (Å²) in [6.07, 6.45) is 0. The number of para-hydroxylation sites is 1. The van der Waals surface area contributed by atoms with Gasteiger partial charge in [0.15, 0.2) is 5.82 Å². The van der Waals surface area contributed by atoms with E-state index in [1.54, 1.807) is 0 Å². The Morgan fingerprint density at radius 3 is 1.37 bits per heavy atom. The molecule has 4 heteroatoms. The number of benzene rings is 10. The molecule has 3 aromatic heterocycles. The van der Waals surface area contributed by atoms with Crippen LogP contribution >= 0.6 is 0 Å². The predicted octanol–water partition coefficient (Wildman–Crippen LogP) is 15.6. The number of aromatic nitrogens is 3. The van der Waals surface area contributed by atoms with Gasteiger partial charge < -0.3 is 8.98 Å². The van der Waals surface area contributed by atoms with E-state index in [-0.39, 0.29) is 0 Å². The van der Waals surface area contributed by atoms with Gasteiger partial charge in [0.2, 0.25) is 0 Å². The molecule has 0 amide bonds. The van der Waals surface area contributed by atoms with E-state index in [1.807, 2.05) is 12.1 Å². The maximum atomic E-state index is 6.33. The smallest absolute Gasteiger partial charge is 0.160 e. The first-order valence-corrected chi connectivity index (χ1v) is 21.1. The minimum atomic E-state index is 0.695. The van der Waals surface area contributed by atoms with Crippen molar-refractivity contribution in [3.63, 3.8) is 0 Å². The summed E-state index contributed by atoms with van der Waals surface area (Å²) < 4.78 is 8.72. The summed E-state index contributed by atoms with van der Waals surface area (Å²) in [7, 11) is 0. The Labute approximate surface area is 356 Å². The molecule has 0 fully saturated rings. The van der Waals surface area contributed by atoms with Crippen molar-refractivity contribution in [2.45, 2.75) is 0 Å². The second-order valence-corrected chi connectivity index (χ2v) is 16.1. The van der Waals surface area contributed by atoms with E-state index in [9.17, 15) is 0 Å². The molecule has 0 N–H and O–H groups in total. The van der Waals surface area contributed by atoms with E-state index in [2.05, 4.69) is 205 Å². The number of fused-ring (bicyclic) bond motifs is 6. The van der Waals surface area contributed by atoms with Crippen molar-refractivity contribution in [1.82, 2.24) is 14.5 Å². The molecule has 0 saturated heterocycles. The van der Waals surface area contributed by atoms with Crippen molar-refractivity contribution in [2.24, 2.45) is 0 Å². The van der Waals surface area contributed by atoms with Crippen LogP contribution in [-0.2, 0) is 0 Å². The summed E-state index contributed by atoms with van der Waals surface area (Å²) in [4.78, 5) is 10.3. The lowest BCUT2D eigenvalue weighted by Gasteiger charge is -2.11. The number of hydrogen-bond donors (Lipinski definition) is 0. The normalized spacial score (nSPS) is 11.9. The molecule has 13 aromatic rings. The predicted molar refractivity (Wildman–Crippen MR) is 257 cm³/mol. The average molecular weight is 790 g/mol. The summed E-state index contributed by atoms with van der Waals surface area (Å²) in [6.45, 7) is 0. The molecular formula is C58H35N3O. The molecule has 0 radical (unpaired) electrons. The van der Waals surface area contributed by atoms with E-state index in [0.29, 0.717) is 5.82 Å². The average Bonchev–Trinajstić information content (AvgIpc) is 3.90. The topological polar surface area (TPSA) is 43.9 Å². The zero-order valence-electron chi connectivity index (χ0n) is 33.5. The van der Waals surface area contributed by atoms with Gasteiger partial charge in [0.1, 0.15) is 11.2 Å². The van der Waals surface area contributed by atoms with Crippen molar-refractivity contribution in [3.05, 3.63) is 212 Å². The van der Waals surface area contributed by atoms with Crippen molar-refractivity contribution in [2.75, 3.05) is 0 Å². The minimum Gasteiger partial charge on any atom is -0.456 e. The summed E-state index contributed by atoms with van der Waals surface area (Å²) in [5.74, 6) is 0.695. The van der Waals surface area contributed by atoms with Crippen molar-refractivity contribution >= 4 is 65.3 Å². The van der Waals surface area contributed by atoms with Crippen LogP contribution in [0.15, 0.2) is 217 Å². The molecule has 3 heterocycles. The molecule has 0 bridgehead atoms. The third kappa shape index (κ3) is 5.40. The summed E-state index contributed by atoms with van der Waals surface area (Å²) in [5, 5.41) is 9.73. The van der Waals surface area contributed by atoms with Crippen molar-refractivity contribution in [3.8, 4) is 61.8 Å². The first-order valence-electron chi connectivity index (χ1n) is 21.1. The lowest BCUT2D eigenvalue weighted by molar-refractivity contribution is 0.669. The zero-order chi connectivity index (χ0) is 40.7. The highest BCUT2D eigenvalue weighted by Crippen LogP contribution is 2.44. The standard InChI is InChI=1S/C58H35N3O/c1-4-13-36(14-5-1)50-35-51(37-15-6-2-7-16-37)60-58(59-50)42-18-10-17-38(31-42)40-26-29-52-48(33-40)49-34-41(27-30-53(49)61(52)43-19-8-3-9-20-43)39-25-28-44-45-21-11-23-54-56(45)57-46(47(44)32-39)22-12-24-55(57)62-54/h1-35H. The van der Waals surface area contributed by atoms with Crippen LogP contribution in [0.2, 0.25) is 0 Å². The third-order valence-electron chi connectivity index (χ3n) is 12.6. The quantitative estimate of drug-likeness (QED) is 0.158. The molecule has 62 heavy (non-hydrogen) atoms. The van der Waals surface area contributed by atoms with Gasteiger partial charge in [0.25, 0.3) is 0 Å². The van der Waals surface area contributed by atoms with Gasteiger partial charge in [-0.15, -0.1) is 0 Å². The second-order valence-electron chi connectivity index (χ2n) is 16.1. The fraction of sp³-hybridized carbons (Fsp3) is 0. The van der Waals surface area contributed by atoms with Crippen LogP contribution in [0.3, 0.4) is 0 Å². The van der Waals surface area contributed by atoms with Crippen molar-refractivity contribution < 1.29 is 4.42 Å². The molecule has 288 valence electrons. The van der Waals surface area contributed by atoms with Crippen LogP contribution in [0.5, 0.6) is 0 Å². The van der Waals surface area contributed by atoms with Gasteiger partial charge in [0.05, 0.1) is 22.4 Å². The fourth-order valence-corrected chi connectivity index (χ4v) is 9.66. The van der Waals surface area contributed by atoms with Gasteiger partial charge >= 0.3 is 0 Å². The van der Waals surface area contributed by atoms with Crippen LogP contribution in [0.25, 0.3) is 127 Å². The Kier molecular flexibility index (Phi) is 7.57. The Morgan fingerprint density at radius 1 is 0.306 bits per heavy atom. The highest BCUT2D eigenvalue weighted by atomic mass is 16.3. The van der Waals surface area contributed by atoms with Crippen LogP contribution in [0, 0.1) is 0 Å². The van der Waals surface area contributed by atoms with Gasteiger partial charge in [-0.3, -0.25) is 0 Å². The lowest BCUT2D eigenvalue weighted by Crippen LogP contribution is -1.96. The van der Waals surface area contributed by atoms with Gasteiger partial charge in [-0.05, 0) is 111 Å². The molecule has 4 nitrogen and oxygen atoms in total. The molecular weight excluding hydrogens is 755 g/mol. The van der Waals surface area contributed by atoms with E-state index >= 15 is 0 Å². The Morgan fingerprint density at radius 2 is 0.774 bits per heavy atom. The maximum Gasteiger partial charge on any atom is 0.160 e. The maximum absolute atomic E-state index is 6.33. The van der Waals surface area contributed by atoms with Crippen molar-refractivity contribution in [1.29, 1.82) is 0 Å².